The molecule has 0 bridgehead atoms. The van der Waals surface area contributed by atoms with Gasteiger partial charge >= 0.3 is 12.1 Å². The van der Waals surface area contributed by atoms with Gasteiger partial charge in [0.25, 0.3) is 0 Å². The number of carbonyl (C=O) groups is 2. The van der Waals surface area contributed by atoms with E-state index in [0.717, 1.165) is 36.0 Å². The summed E-state index contributed by atoms with van der Waals surface area (Å²) < 4.78 is 5.14. The van der Waals surface area contributed by atoms with Crippen molar-refractivity contribution in [2.75, 3.05) is 5.32 Å². The lowest BCUT2D eigenvalue weighted by atomic mass is 10.0. The highest BCUT2D eigenvalue weighted by Gasteiger charge is 2.19. The molecule has 0 saturated heterocycles. The van der Waals surface area contributed by atoms with Gasteiger partial charge in [0, 0.05) is 0 Å². The number of aryl methyl sites for hydroxylation is 2. The highest BCUT2D eigenvalue weighted by Crippen LogP contribution is 2.28. The normalized spacial score (nSPS) is 12.5. The molecule has 0 atom stereocenters. The van der Waals surface area contributed by atoms with E-state index in [2.05, 4.69) is 5.32 Å². The summed E-state index contributed by atoms with van der Waals surface area (Å²) in [4.78, 5) is 23.3. The summed E-state index contributed by atoms with van der Waals surface area (Å²) >= 11 is 0. The van der Waals surface area contributed by atoms with Gasteiger partial charge in [0.2, 0.25) is 0 Å². The molecule has 0 unspecified atom stereocenters. The van der Waals surface area contributed by atoms with Crippen LogP contribution in [0.4, 0.5) is 10.5 Å². The van der Waals surface area contributed by atoms with Gasteiger partial charge in [-0.3, -0.25) is 5.32 Å². The zero-order valence-corrected chi connectivity index (χ0v) is 12.5. The molecule has 2 aromatic rings. The highest BCUT2D eigenvalue weighted by atomic mass is 16.5. The van der Waals surface area contributed by atoms with Gasteiger partial charge in [-0.1, -0.05) is 30.3 Å². The highest BCUT2D eigenvalue weighted by molar-refractivity contribution is 5.99. The summed E-state index contributed by atoms with van der Waals surface area (Å²) in [6, 6.07) is 12.7. The second-order valence-electron chi connectivity index (χ2n) is 5.51. The van der Waals surface area contributed by atoms with Crippen molar-refractivity contribution < 1.29 is 19.4 Å². The lowest BCUT2D eigenvalue weighted by molar-refractivity contribution is 0.0698. The molecule has 0 spiro atoms. The van der Waals surface area contributed by atoms with Crippen LogP contribution in [0.2, 0.25) is 0 Å². The van der Waals surface area contributed by atoms with Crippen molar-refractivity contribution in [3.8, 4) is 0 Å². The minimum Gasteiger partial charge on any atom is -0.478 e. The predicted molar refractivity (Wildman–Crippen MR) is 85.7 cm³/mol. The zero-order chi connectivity index (χ0) is 16.2. The third-order valence-electron chi connectivity index (χ3n) is 3.91. The van der Waals surface area contributed by atoms with Crippen LogP contribution in [-0.2, 0) is 24.2 Å². The summed E-state index contributed by atoms with van der Waals surface area (Å²) in [7, 11) is 0. The van der Waals surface area contributed by atoms with Crippen LogP contribution in [0.25, 0.3) is 0 Å². The van der Waals surface area contributed by atoms with Crippen LogP contribution >= 0.6 is 0 Å². The molecule has 0 aliphatic heterocycles. The van der Waals surface area contributed by atoms with E-state index in [1.165, 1.54) is 0 Å². The van der Waals surface area contributed by atoms with E-state index in [0.29, 0.717) is 0 Å². The summed E-state index contributed by atoms with van der Waals surface area (Å²) in [6.07, 6.45) is 2.14. The molecule has 0 fully saturated rings. The standard InChI is InChI=1S/C18H17NO4/c20-17(21)15-9-13-7-4-8-14(13)10-16(15)19-18(22)23-11-12-5-2-1-3-6-12/h1-3,5-6,9-10H,4,7-8,11H2,(H,19,22)(H,20,21). The van der Waals surface area contributed by atoms with Gasteiger partial charge in [-0.15, -0.1) is 0 Å². The number of benzene rings is 2. The number of rotatable bonds is 4. The van der Waals surface area contributed by atoms with E-state index in [4.69, 9.17) is 4.74 Å². The van der Waals surface area contributed by atoms with Crippen LogP contribution in [0.3, 0.4) is 0 Å². The molecule has 0 heterocycles. The van der Waals surface area contributed by atoms with Crippen LogP contribution in [0.15, 0.2) is 42.5 Å². The van der Waals surface area contributed by atoms with Crippen LogP contribution in [0.1, 0.15) is 33.5 Å². The van der Waals surface area contributed by atoms with Crippen molar-refractivity contribution >= 4 is 17.7 Å². The van der Waals surface area contributed by atoms with Crippen LogP contribution in [0, 0.1) is 0 Å². The van der Waals surface area contributed by atoms with Gasteiger partial charge in [-0.25, -0.2) is 9.59 Å². The molecule has 3 rings (SSSR count). The van der Waals surface area contributed by atoms with E-state index >= 15 is 0 Å². The Morgan fingerprint density at radius 2 is 1.78 bits per heavy atom. The lowest BCUT2D eigenvalue weighted by Gasteiger charge is -2.12. The van der Waals surface area contributed by atoms with Crippen molar-refractivity contribution in [2.24, 2.45) is 0 Å². The number of fused-ring (bicyclic) bond motifs is 1. The number of hydrogen-bond acceptors (Lipinski definition) is 3. The number of hydrogen-bond donors (Lipinski definition) is 2. The Morgan fingerprint density at radius 3 is 2.48 bits per heavy atom. The molecule has 5 heteroatoms. The molecule has 23 heavy (non-hydrogen) atoms. The molecular weight excluding hydrogens is 294 g/mol. The van der Waals surface area contributed by atoms with E-state index < -0.39 is 12.1 Å². The van der Waals surface area contributed by atoms with E-state index in [9.17, 15) is 14.7 Å². The van der Waals surface area contributed by atoms with Crippen molar-refractivity contribution in [3.63, 3.8) is 0 Å². The monoisotopic (exact) mass is 311 g/mol. The van der Waals surface area contributed by atoms with E-state index in [1.807, 2.05) is 30.3 Å². The molecule has 1 aliphatic rings. The fourth-order valence-corrected chi connectivity index (χ4v) is 2.77. The fourth-order valence-electron chi connectivity index (χ4n) is 2.77. The third-order valence-corrected chi connectivity index (χ3v) is 3.91. The Balaban J connectivity index is 1.71. The zero-order valence-electron chi connectivity index (χ0n) is 12.5. The maximum absolute atomic E-state index is 11.9. The van der Waals surface area contributed by atoms with E-state index in [1.54, 1.807) is 12.1 Å². The predicted octanol–water partition coefficient (Wildman–Crippen LogP) is 3.62. The number of ether oxygens (including phenoxy) is 1. The lowest BCUT2D eigenvalue weighted by Crippen LogP contribution is -2.16. The van der Waals surface area contributed by atoms with Crippen molar-refractivity contribution in [1.82, 2.24) is 0 Å². The molecule has 2 N–H and O–H groups in total. The Morgan fingerprint density at radius 1 is 1.09 bits per heavy atom. The maximum atomic E-state index is 11.9. The second kappa shape index (κ2) is 6.52. The van der Waals surface area contributed by atoms with Crippen LogP contribution in [0.5, 0.6) is 0 Å². The van der Waals surface area contributed by atoms with Gasteiger partial charge in [0.1, 0.15) is 6.61 Å². The molecule has 0 aromatic heterocycles. The Bertz CT molecular complexity index is 740. The second-order valence-corrected chi connectivity index (χ2v) is 5.51. The first kappa shape index (κ1) is 15.1. The van der Waals surface area contributed by atoms with Gasteiger partial charge < -0.3 is 9.84 Å². The summed E-state index contributed by atoms with van der Waals surface area (Å²) in [5.74, 6) is -1.06. The Labute approximate surface area is 133 Å². The average Bonchev–Trinajstić information content (AvgIpc) is 3.00. The summed E-state index contributed by atoms with van der Waals surface area (Å²) in [5, 5.41) is 11.9. The first-order valence-electron chi connectivity index (χ1n) is 7.50. The fraction of sp³-hybridized carbons (Fsp3) is 0.222. The number of carbonyl (C=O) groups excluding carboxylic acids is 1. The molecule has 118 valence electrons. The number of carboxylic acids is 1. The van der Waals surface area contributed by atoms with E-state index in [-0.39, 0.29) is 17.9 Å². The number of nitrogens with one attached hydrogen (secondary N) is 1. The molecule has 1 amide bonds. The third kappa shape index (κ3) is 3.51. The molecule has 1 aliphatic carbocycles. The Hall–Kier alpha value is -2.82. The number of aromatic carboxylic acids is 1. The van der Waals surface area contributed by atoms with Gasteiger partial charge in [-0.05, 0) is 48.1 Å². The quantitative estimate of drug-likeness (QED) is 0.904. The number of anilines is 1. The topological polar surface area (TPSA) is 75.6 Å². The largest absolute Gasteiger partial charge is 0.478 e. The van der Waals surface area contributed by atoms with Crippen LogP contribution < -0.4 is 5.32 Å². The molecular formula is C18H17NO4. The first-order chi connectivity index (χ1) is 11.1. The molecule has 5 nitrogen and oxygen atoms in total. The minimum absolute atomic E-state index is 0.0994. The van der Waals surface area contributed by atoms with Crippen molar-refractivity contribution in [1.29, 1.82) is 0 Å². The number of carboxylic acid groups (broad SMARTS) is 1. The summed E-state index contributed by atoms with van der Waals surface area (Å²) in [6.45, 7) is 0.139. The average molecular weight is 311 g/mol. The van der Waals surface area contributed by atoms with Crippen LogP contribution in [-0.4, -0.2) is 17.2 Å². The van der Waals surface area contributed by atoms with Crippen molar-refractivity contribution in [2.45, 2.75) is 25.9 Å². The molecule has 2 aromatic carbocycles. The molecule has 0 radical (unpaired) electrons. The van der Waals surface area contributed by atoms with Gasteiger partial charge in [0.15, 0.2) is 0 Å². The molecule has 0 saturated carbocycles. The van der Waals surface area contributed by atoms with Gasteiger partial charge in [-0.2, -0.15) is 0 Å². The Kier molecular flexibility index (Phi) is 4.28. The van der Waals surface area contributed by atoms with Crippen molar-refractivity contribution in [3.05, 3.63) is 64.7 Å². The van der Waals surface area contributed by atoms with Gasteiger partial charge in [0.05, 0.1) is 11.3 Å². The summed E-state index contributed by atoms with van der Waals surface area (Å²) in [5.41, 5.74) is 3.40. The number of amides is 1. The smallest absolute Gasteiger partial charge is 0.411 e. The maximum Gasteiger partial charge on any atom is 0.411 e. The minimum atomic E-state index is -1.06. The SMILES string of the molecule is O=C(Nc1cc2c(cc1C(=O)O)CCC2)OCc1ccccc1. The first-order valence-corrected chi connectivity index (χ1v) is 7.50.